The van der Waals surface area contributed by atoms with Gasteiger partial charge in [-0.1, -0.05) is 12.1 Å². The lowest BCUT2D eigenvalue weighted by Gasteiger charge is -2.22. The molecule has 3 heteroatoms. The van der Waals surface area contributed by atoms with Crippen LogP contribution in [-0.4, -0.2) is 24.6 Å². The molecule has 0 atom stereocenters. The maximum absolute atomic E-state index is 12.1. The molecule has 19 heavy (non-hydrogen) atoms. The molecule has 0 N–H and O–H groups in total. The van der Waals surface area contributed by atoms with Gasteiger partial charge >= 0.3 is 0 Å². The maximum Gasteiger partial charge on any atom is 0.163 e. The fraction of sp³-hybridized carbons (Fsp3) is 0.562. The van der Waals surface area contributed by atoms with Crippen LogP contribution in [0.15, 0.2) is 24.3 Å². The summed E-state index contributed by atoms with van der Waals surface area (Å²) in [5.74, 6) is 0.867. The van der Waals surface area contributed by atoms with E-state index in [1.165, 1.54) is 0 Å². The third kappa shape index (κ3) is 5.43. The van der Waals surface area contributed by atoms with Crippen molar-refractivity contribution in [2.24, 2.45) is 0 Å². The van der Waals surface area contributed by atoms with Gasteiger partial charge in [-0.2, -0.15) is 0 Å². The van der Waals surface area contributed by atoms with E-state index in [0.29, 0.717) is 18.4 Å². The number of ether oxygens (including phenoxy) is 2. The molecule has 3 nitrogen and oxygen atoms in total. The lowest BCUT2D eigenvalue weighted by Crippen LogP contribution is -2.23. The van der Waals surface area contributed by atoms with Gasteiger partial charge in [-0.15, -0.1) is 0 Å². The fourth-order valence-corrected chi connectivity index (χ4v) is 1.68. The molecule has 0 spiro atoms. The van der Waals surface area contributed by atoms with E-state index in [-0.39, 0.29) is 17.5 Å². The van der Waals surface area contributed by atoms with Crippen molar-refractivity contribution in [3.05, 3.63) is 29.8 Å². The molecule has 0 aliphatic rings. The van der Waals surface area contributed by atoms with Crippen molar-refractivity contribution in [3.63, 3.8) is 0 Å². The largest absolute Gasteiger partial charge is 0.491 e. The van der Waals surface area contributed by atoms with E-state index in [1.807, 2.05) is 52.0 Å². The van der Waals surface area contributed by atoms with Crippen LogP contribution in [-0.2, 0) is 4.74 Å². The van der Waals surface area contributed by atoms with E-state index in [2.05, 4.69) is 0 Å². The third-order valence-corrected chi connectivity index (χ3v) is 3.03. The Balaban J connectivity index is 2.67. The molecule has 0 aromatic heterocycles. The van der Waals surface area contributed by atoms with Crippen LogP contribution in [0.25, 0.3) is 0 Å². The van der Waals surface area contributed by atoms with Gasteiger partial charge in [0.25, 0.3) is 0 Å². The van der Waals surface area contributed by atoms with Gasteiger partial charge in [0.05, 0.1) is 11.7 Å². The molecule has 1 aromatic rings. The molecule has 106 valence electrons. The summed E-state index contributed by atoms with van der Waals surface area (Å²) >= 11 is 0. The number of rotatable bonds is 7. The first-order chi connectivity index (χ1) is 8.84. The second-order valence-corrected chi connectivity index (χ2v) is 5.58. The van der Waals surface area contributed by atoms with Crippen LogP contribution in [0.1, 0.15) is 50.9 Å². The molecule has 0 radical (unpaired) electrons. The average molecular weight is 264 g/mol. The lowest BCUT2D eigenvalue weighted by atomic mass is 9.98. The van der Waals surface area contributed by atoms with Crippen LogP contribution in [0, 0.1) is 0 Å². The van der Waals surface area contributed by atoms with Crippen LogP contribution in [0.5, 0.6) is 5.75 Å². The van der Waals surface area contributed by atoms with Crippen LogP contribution in [0.3, 0.4) is 0 Å². The highest BCUT2D eigenvalue weighted by atomic mass is 16.5. The van der Waals surface area contributed by atoms with Crippen LogP contribution in [0.4, 0.5) is 0 Å². The van der Waals surface area contributed by atoms with E-state index in [9.17, 15) is 4.79 Å². The van der Waals surface area contributed by atoms with Gasteiger partial charge in [0, 0.05) is 19.1 Å². The van der Waals surface area contributed by atoms with Crippen molar-refractivity contribution in [2.75, 3.05) is 7.11 Å². The Labute approximate surface area is 115 Å². The van der Waals surface area contributed by atoms with Gasteiger partial charge in [0.15, 0.2) is 5.78 Å². The van der Waals surface area contributed by atoms with Crippen molar-refractivity contribution in [1.82, 2.24) is 0 Å². The Kier molecular flexibility index (Phi) is 5.55. The zero-order valence-electron chi connectivity index (χ0n) is 12.5. The van der Waals surface area contributed by atoms with Crippen LogP contribution in [0.2, 0.25) is 0 Å². The lowest BCUT2D eigenvalue weighted by molar-refractivity contribution is 0.0141. The zero-order chi connectivity index (χ0) is 14.5. The second-order valence-electron chi connectivity index (χ2n) is 5.58. The Bertz CT molecular complexity index is 422. The highest BCUT2D eigenvalue weighted by Crippen LogP contribution is 2.20. The molecule has 0 aliphatic carbocycles. The van der Waals surface area contributed by atoms with Gasteiger partial charge in [-0.3, -0.25) is 4.79 Å². The number of Topliss-reactive ketones (excluding diaryl/α,β-unsaturated/α-hetero) is 1. The van der Waals surface area contributed by atoms with Crippen LogP contribution >= 0.6 is 0 Å². The predicted molar refractivity (Wildman–Crippen MR) is 76.9 cm³/mol. The maximum atomic E-state index is 12.1. The van der Waals surface area contributed by atoms with Gasteiger partial charge in [-0.25, -0.2) is 0 Å². The van der Waals surface area contributed by atoms with Crippen molar-refractivity contribution in [1.29, 1.82) is 0 Å². The first kappa shape index (κ1) is 15.7. The Hall–Kier alpha value is -1.35. The molecule has 0 saturated heterocycles. The van der Waals surface area contributed by atoms with Crippen LogP contribution < -0.4 is 4.74 Å². The molecule has 0 unspecified atom stereocenters. The van der Waals surface area contributed by atoms with Crippen molar-refractivity contribution >= 4 is 5.78 Å². The van der Waals surface area contributed by atoms with Gasteiger partial charge in [0.1, 0.15) is 5.75 Å². The first-order valence-electron chi connectivity index (χ1n) is 6.69. The molecule has 1 aromatic carbocycles. The topological polar surface area (TPSA) is 35.5 Å². The number of carbonyl (C=O) groups excluding carboxylic acids is 1. The molecule has 0 saturated carbocycles. The minimum absolute atomic E-state index is 0.109. The SMILES string of the molecule is COC(C)(C)CCC(=O)c1cccc(OC(C)C)c1. The predicted octanol–water partition coefficient (Wildman–Crippen LogP) is 3.86. The minimum atomic E-state index is -0.262. The van der Waals surface area contributed by atoms with Crippen molar-refractivity contribution < 1.29 is 14.3 Å². The summed E-state index contributed by atoms with van der Waals surface area (Å²) in [6, 6.07) is 7.36. The van der Waals surface area contributed by atoms with Crippen molar-refractivity contribution in [2.45, 2.75) is 52.2 Å². The molecule has 0 amide bonds. The molecule has 0 bridgehead atoms. The average Bonchev–Trinajstić information content (AvgIpc) is 2.35. The Morgan fingerprint density at radius 3 is 2.58 bits per heavy atom. The second kappa shape index (κ2) is 6.71. The number of benzene rings is 1. The quantitative estimate of drug-likeness (QED) is 0.701. The third-order valence-electron chi connectivity index (χ3n) is 3.03. The summed E-state index contributed by atoms with van der Waals surface area (Å²) in [6.45, 7) is 7.91. The summed E-state index contributed by atoms with van der Waals surface area (Å²) < 4.78 is 10.9. The number of hydrogen-bond donors (Lipinski definition) is 0. The molecular formula is C16H24O3. The summed E-state index contributed by atoms with van der Waals surface area (Å²) in [4.78, 5) is 12.1. The molecule has 0 heterocycles. The van der Waals surface area contributed by atoms with Gasteiger partial charge < -0.3 is 9.47 Å². The number of carbonyl (C=O) groups is 1. The van der Waals surface area contributed by atoms with E-state index in [4.69, 9.17) is 9.47 Å². The summed E-state index contributed by atoms with van der Waals surface area (Å²) in [5, 5.41) is 0. The van der Waals surface area contributed by atoms with Crippen molar-refractivity contribution in [3.8, 4) is 5.75 Å². The Morgan fingerprint density at radius 2 is 2.00 bits per heavy atom. The highest BCUT2D eigenvalue weighted by Gasteiger charge is 2.18. The van der Waals surface area contributed by atoms with E-state index < -0.39 is 0 Å². The summed E-state index contributed by atoms with van der Waals surface area (Å²) in [5.41, 5.74) is 0.437. The zero-order valence-corrected chi connectivity index (χ0v) is 12.5. The monoisotopic (exact) mass is 264 g/mol. The van der Waals surface area contributed by atoms with Gasteiger partial charge in [-0.05, 0) is 46.2 Å². The summed E-state index contributed by atoms with van der Waals surface area (Å²) in [6.07, 6.45) is 1.29. The molecule has 0 aliphatic heterocycles. The number of methoxy groups -OCH3 is 1. The van der Waals surface area contributed by atoms with E-state index in [1.54, 1.807) is 7.11 Å². The summed E-state index contributed by atoms with van der Waals surface area (Å²) in [7, 11) is 1.67. The Morgan fingerprint density at radius 1 is 1.32 bits per heavy atom. The van der Waals surface area contributed by atoms with E-state index in [0.717, 1.165) is 5.75 Å². The highest BCUT2D eigenvalue weighted by molar-refractivity contribution is 5.96. The molecule has 0 fully saturated rings. The minimum Gasteiger partial charge on any atom is -0.491 e. The van der Waals surface area contributed by atoms with Gasteiger partial charge in [0.2, 0.25) is 0 Å². The standard InChI is InChI=1S/C16H24O3/c1-12(2)19-14-8-6-7-13(11-14)15(17)9-10-16(3,4)18-5/h6-8,11-12H,9-10H2,1-5H3. The molecule has 1 rings (SSSR count). The fourth-order valence-electron chi connectivity index (χ4n) is 1.68. The first-order valence-corrected chi connectivity index (χ1v) is 6.69. The normalized spacial score (nSPS) is 11.7. The molecular weight excluding hydrogens is 240 g/mol. The van der Waals surface area contributed by atoms with E-state index >= 15 is 0 Å². The number of ketones is 1. The smallest absolute Gasteiger partial charge is 0.163 e. The number of hydrogen-bond acceptors (Lipinski definition) is 3.